The lowest BCUT2D eigenvalue weighted by Crippen LogP contribution is -2.34. The summed E-state index contributed by atoms with van der Waals surface area (Å²) in [6.07, 6.45) is -5.99. The Morgan fingerprint density at radius 3 is 2.61 bits per heavy atom. The summed E-state index contributed by atoms with van der Waals surface area (Å²) < 4.78 is 62.5. The molecule has 0 amide bonds. The molecule has 0 bridgehead atoms. The number of halogens is 4. The number of aliphatic hydroxyl groups excluding tert-OH is 1. The maximum absolute atomic E-state index is 12.9. The third-order valence-corrected chi connectivity index (χ3v) is 10.5. The van der Waals surface area contributed by atoms with Crippen LogP contribution in [0.25, 0.3) is 11.2 Å². The van der Waals surface area contributed by atoms with Crippen LogP contribution in [-0.2, 0) is 14.2 Å². The number of imidazole rings is 1. The molecule has 0 aliphatic carbocycles. The lowest BCUT2D eigenvalue weighted by Gasteiger charge is -2.23. The summed E-state index contributed by atoms with van der Waals surface area (Å²) in [6.45, 7) is 7.76. The molecule has 3 fully saturated rings. The molecule has 0 spiro atoms. The van der Waals surface area contributed by atoms with Crippen LogP contribution in [0.1, 0.15) is 35.3 Å². The van der Waals surface area contributed by atoms with Gasteiger partial charge in [-0.25, -0.2) is 4.98 Å². The minimum Gasteiger partial charge on any atom is -0.456 e. The van der Waals surface area contributed by atoms with E-state index in [4.69, 9.17) is 35.5 Å². The van der Waals surface area contributed by atoms with E-state index in [1.54, 1.807) is 6.07 Å². The highest BCUT2D eigenvalue weighted by atomic mass is 35.5. The van der Waals surface area contributed by atoms with Gasteiger partial charge in [0.2, 0.25) is 0 Å². The summed E-state index contributed by atoms with van der Waals surface area (Å²) in [7, 11) is -1.40. The molecule has 9 nitrogen and oxygen atoms in total. The number of benzene rings is 1. The number of nitrogens with zero attached hydrogens (tertiary/aromatic N) is 3. The third-order valence-electron chi connectivity index (χ3n) is 8.45. The van der Waals surface area contributed by atoms with Gasteiger partial charge in [0.05, 0.1) is 36.0 Å². The Bertz CT molecular complexity index is 1450. The lowest BCUT2D eigenvalue weighted by atomic mass is 9.95. The van der Waals surface area contributed by atoms with E-state index in [1.807, 2.05) is 24.3 Å². The summed E-state index contributed by atoms with van der Waals surface area (Å²) in [5, 5.41) is 10.4. The molecular formula is C30H38ClF3N4O5Si. The fourth-order valence-corrected chi connectivity index (χ4v) is 7.08. The van der Waals surface area contributed by atoms with E-state index in [0.29, 0.717) is 48.0 Å². The lowest BCUT2D eigenvalue weighted by molar-refractivity contribution is -0.143. The molecular weight excluding hydrogens is 617 g/mol. The molecule has 240 valence electrons. The van der Waals surface area contributed by atoms with Gasteiger partial charge in [0.15, 0.2) is 11.8 Å². The SMILES string of the molecule is C[Si](C)(C)CCOC(c1ccc(C2CCN(CC(F)(F)F)C2)cc1)c1nc2nc(O[C@@H]3CO[C@H]4[C@@H]3OC[C@H]4O)[nH]c2cc1Cl. The standard InChI is InChI=1S/C30H38ClF3N4O5Si/c1-44(2,3)11-10-40-25(18-6-4-17(5-7-18)19-8-9-38(13-19)16-30(32,33)34)24-20(31)12-21-28(36-24)37-29(35-21)43-23-15-42-26-22(39)14-41-27(23)26/h4-7,12,19,22-23,25-27,39H,8-11,13-16H2,1-3H3,(H,35,36,37)/t19?,22-,23-,25?,26-,27-/m1/s1. The maximum Gasteiger partial charge on any atom is 0.401 e. The van der Waals surface area contributed by atoms with Crippen LogP contribution in [0.15, 0.2) is 30.3 Å². The Kier molecular flexibility index (Phi) is 9.01. The minimum atomic E-state index is -4.20. The quantitative estimate of drug-likeness (QED) is 0.284. The van der Waals surface area contributed by atoms with Gasteiger partial charge in [-0.15, -0.1) is 0 Å². The van der Waals surface area contributed by atoms with Crippen molar-refractivity contribution in [3.05, 3.63) is 52.2 Å². The van der Waals surface area contributed by atoms with Crippen LogP contribution in [0, 0.1) is 0 Å². The molecule has 0 saturated carbocycles. The first-order valence-corrected chi connectivity index (χ1v) is 19.1. The highest BCUT2D eigenvalue weighted by Crippen LogP contribution is 2.36. The van der Waals surface area contributed by atoms with E-state index in [2.05, 4.69) is 29.6 Å². The summed E-state index contributed by atoms with van der Waals surface area (Å²) in [5.41, 5.74) is 3.37. The number of aliphatic hydroxyl groups is 1. The number of pyridine rings is 1. The predicted molar refractivity (Wildman–Crippen MR) is 161 cm³/mol. The van der Waals surface area contributed by atoms with Crippen LogP contribution in [-0.4, -0.2) is 103 Å². The van der Waals surface area contributed by atoms with Crippen molar-refractivity contribution in [3.8, 4) is 6.01 Å². The normalized spacial score (nSPS) is 26.9. The molecule has 3 aliphatic heterocycles. The van der Waals surface area contributed by atoms with Crippen molar-refractivity contribution in [3.63, 3.8) is 0 Å². The number of ether oxygens (including phenoxy) is 4. The predicted octanol–water partition coefficient (Wildman–Crippen LogP) is 5.31. The van der Waals surface area contributed by atoms with Crippen molar-refractivity contribution in [1.29, 1.82) is 0 Å². The van der Waals surface area contributed by atoms with Gasteiger partial charge in [0.1, 0.15) is 24.4 Å². The number of fused-ring (bicyclic) bond motifs is 2. The Labute approximate surface area is 260 Å². The molecule has 5 heterocycles. The molecule has 0 radical (unpaired) electrons. The van der Waals surface area contributed by atoms with Gasteiger partial charge >= 0.3 is 6.18 Å². The van der Waals surface area contributed by atoms with Crippen LogP contribution in [0.4, 0.5) is 13.2 Å². The summed E-state index contributed by atoms with van der Waals surface area (Å²) >= 11 is 6.80. The van der Waals surface area contributed by atoms with Gasteiger partial charge in [0.25, 0.3) is 6.01 Å². The highest BCUT2D eigenvalue weighted by molar-refractivity contribution is 6.76. The van der Waals surface area contributed by atoms with E-state index in [-0.39, 0.29) is 31.2 Å². The molecule has 2 N–H and O–H groups in total. The zero-order chi connectivity index (χ0) is 31.2. The molecule has 1 aromatic carbocycles. The molecule has 44 heavy (non-hydrogen) atoms. The topological polar surface area (TPSA) is 102 Å². The van der Waals surface area contributed by atoms with Gasteiger partial charge in [-0.2, -0.15) is 18.2 Å². The number of likely N-dealkylation sites (tertiary alicyclic amines) is 1. The number of aromatic nitrogens is 3. The Morgan fingerprint density at radius 2 is 1.89 bits per heavy atom. The number of hydrogen-bond acceptors (Lipinski definition) is 8. The van der Waals surface area contributed by atoms with Crippen LogP contribution >= 0.6 is 11.6 Å². The van der Waals surface area contributed by atoms with E-state index in [0.717, 1.165) is 17.2 Å². The zero-order valence-corrected chi connectivity index (χ0v) is 26.7. The van der Waals surface area contributed by atoms with Crippen molar-refractivity contribution in [1.82, 2.24) is 19.9 Å². The second-order valence-corrected chi connectivity index (χ2v) is 19.2. The molecule has 3 aliphatic rings. The number of alkyl halides is 3. The summed E-state index contributed by atoms with van der Waals surface area (Å²) in [4.78, 5) is 13.9. The monoisotopic (exact) mass is 654 g/mol. The van der Waals surface area contributed by atoms with Crippen LogP contribution in [0.2, 0.25) is 30.7 Å². The Hall–Kier alpha value is -2.26. The van der Waals surface area contributed by atoms with Crippen molar-refractivity contribution < 1.29 is 37.2 Å². The van der Waals surface area contributed by atoms with Crippen molar-refractivity contribution in [2.75, 3.05) is 39.5 Å². The van der Waals surface area contributed by atoms with Crippen molar-refractivity contribution >= 4 is 30.8 Å². The first kappa shape index (κ1) is 31.7. The maximum atomic E-state index is 12.9. The molecule has 14 heteroatoms. The van der Waals surface area contributed by atoms with Crippen LogP contribution < -0.4 is 4.74 Å². The Balaban J connectivity index is 1.22. The average Bonchev–Trinajstić information content (AvgIpc) is 3.72. The van der Waals surface area contributed by atoms with Gasteiger partial charge < -0.3 is 29.0 Å². The van der Waals surface area contributed by atoms with Gasteiger partial charge in [0, 0.05) is 21.2 Å². The Morgan fingerprint density at radius 1 is 1.14 bits per heavy atom. The first-order chi connectivity index (χ1) is 20.8. The number of rotatable bonds is 10. The smallest absolute Gasteiger partial charge is 0.401 e. The molecule has 2 unspecified atom stereocenters. The zero-order valence-electron chi connectivity index (χ0n) is 24.9. The number of H-pyrrole nitrogens is 1. The van der Waals surface area contributed by atoms with E-state index in [1.165, 1.54) is 4.90 Å². The highest BCUT2D eigenvalue weighted by Gasteiger charge is 2.48. The van der Waals surface area contributed by atoms with E-state index < -0.39 is 45.2 Å². The molecule has 6 rings (SSSR count). The number of nitrogens with one attached hydrogen (secondary N) is 1. The molecule has 2 aromatic heterocycles. The van der Waals surface area contributed by atoms with E-state index >= 15 is 0 Å². The van der Waals surface area contributed by atoms with Gasteiger partial charge in [-0.1, -0.05) is 55.5 Å². The fourth-order valence-electron chi connectivity index (χ4n) is 6.10. The molecule has 6 atom stereocenters. The third kappa shape index (κ3) is 7.24. The second-order valence-electron chi connectivity index (χ2n) is 13.2. The largest absolute Gasteiger partial charge is 0.456 e. The fraction of sp³-hybridized carbons (Fsp3) is 0.600. The van der Waals surface area contributed by atoms with Gasteiger partial charge in [-0.05, 0) is 42.1 Å². The second kappa shape index (κ2) is 12.5. The average molecular weight is 655 g/mol. The number of aromatic amines is 1. The van der Waals surface area contributed by atoms with Crippen LogP contribution in [0.5, 0.6) is 6.01 Å². The molecule has 3 aromatic rings. The molecule has 3 saturated heterocycles. The van der Waals surface area contributed by atoms with Gasteiger partial charge in [-0.3, -0.25) is 4.90 Å². The van der Waals surface area contributed by atoms with Crippen molar-refractivity contribution in [2.45, 2.75) is 74.7 Å². The minimum absolute atomic E-state index is 0.0386. The number of hydrogen-bond donors (Lipinski definition) is 2. The van der Waals surface area contributed by atoms with E-state index in [9.17, 15) is 18.3 Å². The van der Waals surface area contributed by atoms with Crippen molar-refractivity contribution in [2.24, 2.45) is 0 Å². The van der Waals surface area contributed by atoms with Crippen LogP contribution in [0.3, 0.4) is 0 Å². The summed E-state index contributed by atoms with van der Waals surface area (Å²) in [6, 6.07) is 10.8. The summed E-state index contributed by atoms with van der Waals surface area (Å²) in [5.74, 6) is 0.0386. The first-order valence-electron chi connectivity index (χ1n) is 15.0.